The van der Waals surface area contributed by atoms with Crippen molar-refractivity contribution in [1.82, 2.24) is 0 Å². The Hall–Kier alpha value is -1.87. The summed E-state index contributed by atoms with van der Waals surface area (Å²) in [6.45, 7) is 0. The second kappa shape index (κ2) is 7.79. The Kier molecular flexibility index (Phi) is 5.76. The average molecular weight is 306 g/mol. The number of alkyl halides is 1. The van der Waals surface area contributed by atoms with Crippen molar-refractivity contribution >= 4 is 23.2 Å². The molecule has 0 radical (unpaired) electrons. The van der Waals surface area contributed by atoms with E-state index in [1.54, 1.807) is 12.1 Å². The lowest BCUT2D eigenvalue weighted by Gasteiger charge is -2.07. The van der Waals surface area contributed by atoms with Crippen LogP contribution in [-0.4, -0.2) is 11.8 Å². The number of rotatable bonds is 6. The molecule has 21 heavy (non-hydrogen) atoms. The van der Waals surface area contributed by atoms with Crippen molar-refractivity contribution in [2.75, 3.05) is 11.2 Å². The molecule has 0 saturated carbocycles. The molecule has 0 bridgehead atoms. The first kappa shape index (κ1) is 15.5. The number of amides is 1. The third kappa shape index (κ3) is 5.20. The van der Waals surface area contributed by atoms with Crippen molar-refractivity contribution < 1.29 is 9.18 Å². The predicted octanol–water partition coefficient (Wildman–Crippen LogP) is 4.18. The van der Waals surface area contributed by atoms with Gasteiger partial charge in [-0.15, -0.1) is 11.6 Å². The van der Waals surface area contributed by atoms with Gasteiger partial charge in [0, 0.05) is 11.6 Å². The monoisotopic (exact) mass is 305 g/mol. The summed E-state index contributed by atoms with van der Waals surface area (Å²) in [6.07, 6.45) is 2.03. The summed E-state index contributed by atoms with van der Waals surface area (Å²) in [7, 11) is 0. The van der Waals surface area contributed by atoms with E-state index in [1.165, 1.54) is 12.1 Å². The number of halogens is 2. The van der Waals surface area contributed by atoms with Crippen LogP contribution in [0.3, 0.4) is 0 Å². The first-order valence-electron chi connectivity index (χ1n) is 6.86. The standard InChI is InChI=1S/C17H17ClFNO/c18-10-2-4-13-3-1-5-16(11-13)20-17(21)12-14-6-8-15(19)9-7-14/h1,3,5-9,11H,2,4,10,12H2,(H,20,21). The highest BCUT2D eigenvalue weighted by Gasteiger charge is 2.05. The molecule has 4 heteroatoms. The van der Waals surface area contributed by atoms with Crippen molar-refractivity contribution in [1.29, 1.82) is 0 Å². The zero-order valence-corrected chi connectivity index (χ0v) is 12.4. The predicted molar refractivity (Wildman–Crippen MR) is 84.2 cm³/mol. The van der Waals surface area contributed by atoms with E-state index in [9.17, 15) is 9.18 Å². The number of anilines is 1. The highest BCUT2D eigenvalue weighted by molar-refractivity contribution is 6.17. The molecule has 0 aromatic heterocycles. The molecule has 110 valence electrons. The maximum Gasteiger partial charge on any atom is 0.228 e. The second-order valence-electron chi connectivity index (χ2n) is 4.84. The van der Waals surface area contributed by atoms with Gasteiger partial charge in [-0.1, -0.05) is 24.3 Å². The molecule has 0 spiro atoms. The summed E-state index contributed by atoms with van der Waals surface area (Å²) in [6, 6.07) is 13.7. The van der Waals surface area contributed by atoms with Crippen molar-refractivity contribution in [2.45, 2.75) is 19.3 Å². The van der Waals surface area contributed by atoms with E-state index < -0.39 is 0 Å². The summed E-state index contributed by atoms with van der Waals surface area (Å²) < 4.78 is 12.8. The van der Waals surface area contributed by atoms with Crippen LogP contribution in [-0.2, 0) is 17.6 Å². The van der Waals surface area contributed by atoms with E-state index in [0.717, 1.165) is 29.7 Å². The number of carbonyl (C=O) groups is 1. The third-order valence-electron chi connectivity index (χ3n) is 3.09. The molecule has 1 amide bonds. The maximum absolute atomic E-state index is 12.8. The van der Waals surface area contributed by atoms with Crippen LogP contribution in [0.15, 0.2) is 48.5 Å². The zero-order valence-electron chi connectivity index (χ0n) is 11.6. The van der Waals surface area contributed by atoms with Crippen LogP contribution in [0.2, 0.25) is 0 Å². The SMILES string of the molecule is O=C(Cc1ccc(F)cc1)Nc1cccc(CCCCl)c1. The Morgan fingerprint density at radius 1 is 1.10 bits per heavy atom. The van der Waals surface area contributed by atoms with E-state index in [4.69, 9.17) is 11.6 Å². The van der Waals surface area contributed by atoms with Gasteiger partial charge in [0.05, 0.1) is 6.42 Å². The van der Waals surface area contributed by atoms with Crippen LogP contribution in [0, 0.1) is 5.82 Å². The molecule has 0 aliphatic rings. The van der Waals surface area contributed by atoms with Crippen LogP contribution in [0.25, 0.3) is 0 Å². The molecule has 0 heterocycles. The van der Waals surface area contributed by atoms with Crippen LogP contribution in [0.4, 0.5) is 10.1 Å². The van der Waals surface area contributed by atoms with Gasteiger partial charge in [0.2, 0.25) is 5.91 Å². The van der Waals surface area contributed by atoms with Crippen LogP contribution in [0.5, 0.6) is 0 Å². The number of carbonyl (C=O) groups excluding carboxylic acids is 1. The summed E-state index contributed by atoms with van der Waals surface area (Å²) in [5, 5.41) is 2.86. The highest BCUT2D eigenvalue weighted by atomic mass is 35.5. The average Bonchev–Trinajstić information content (AvgIpc) is 2.48. The summed E-state index contributed by atoms with van der Waals surface area (Å²) in [5.74, 6) is 0.212. The quantitative estimate of drug-likeness (QED) is 0.797. The molecule has 2 nitrogen and oxygen atoms in total. The molecular formula is C17H17ClFNO. The first-order chi connectivity index (χ1) is 10.2. The van der Waals surface area contributed by atoms with Crippen molar-refractivity contribution in [2.24, 2.45) is 0 Å². The lowest BCUT2D eigenvalue weighted by molar-refractivity contribution is -0.115. The highest BCUT2D eigenvalue weighted by Crippen LogP contribution is 2.13. The lowest BCUT2D eigenvalue weighted by Crippen LogP contribution is -2.14. The van der Waals surface area contributed by atoms with Gasteiger partial charge in [-0.2, -0.15) is 0 Å². The van der Waals surface area contributed by atoms with E-state index in [1.807, 2.05) is 24.3 Å². The fourth-order valence-corrected chi connectivity index (χ4v) is 2.20. The summed E-state index contributed by atoms with van der Waals surface area (Å²) >= 11 is 5.68. The zero-order chi connectivity index (χ0) is 15.1. The molecule has 2 aromatic rings. The Morgan fingerprint density at radius 2 is 1.86 bits per heavy atom. The van der Waals surface area contributed by atoms with E-state index in [-0.39, 0.29) is 18.1 Å². The number of hydrogen-bond acceptors (Lipinski definition) is 1. The van der Waals surface area contributed by atoms with Gasteiger partial charge in [0.1, 0.15) is 5.82 Å². The van der Waals surface area contributed by atoms with Crippen molar-refractivity contribution in [3.05, 3.63) is 65.5 Å². The summed E-state index contributed by atoms with van der Waals surface area (Å²) in [5.41, 5.74) is 2.71. The van der Waals surface area contributed by atoms with Gasteiger partial charge >= 0.3 is 0 Å². The smallest absolute Gasteiger partial charge is 0.228 e. The molecular weight excluding hydrogens is 289 g/mol. The minimum atomic E-state index is -0.300. The van der Waals surface area contributed by atoms with Gasteiger partial charge in [-0.25, -0.2) is 4.39 Å². The molecule has 1 N–H and O–H groups in total. The molecule has 0 fully saturated rings. The van der Waals surface area contributed by atoms with Crippen LogP contribution < -0.4 is 5.32 Å². The van der Waals surface area contributed by atoms with Gasteiger partial charge in [-0.3, -0.25) is 4.79 Å². The fourth-order valence-electron chi connectivity index (χ4n) is 2.07. The number of hydrogen-bond donors (Lipinski definition) is 1. The second-order valence-corrected chi connectivity index (χ2v) is 5.22. The van der Waals surface area contributed by atoms with Crippen molar-refractivity contribution in [3.63, 3.8) is 0 Å². The molecule has 0 saturated heterocycles. The minimum absolute atomic E-state index is 0.115. The molecule has 0 unspecified atom stereocenters. The van der Waals surface area contributed by atoms with Crippen molar-refractivity contribution in [3.8, 4) is 0 Å². The Bertz CT molecular complexity index is 598. The largest absolute Gasteiger partial charge is 0.326 e. The molecule has 0 atom stereocenters. The van der Waals surface area contributed by atoms with E-state index >= 15 is 0 Å². The lowest BCUT2D eigenvalue weighted by atomic mass is 10.1. The third-order valence-corrected chi connectivity index (χ3v) is 3.36. The topological polar surface area (TPSA) is 29.1 Å². The number of aryl methyl sites for hydroxylation is 1. The van der Waals surface area contributed by atoms with E-state index in [2.05, 4.69) is 5.32 Å². The van der Waals surface area contributed by atoms with Gasteiger partial charge in [-0.05, 0) is 48.2 Å². The maximum atomic E-state index is 12.8. The van der Waals surface area contributed by atoms with Crippen LogP contribution in [0.1, 0.15) is 17.5 Å². The van der Waals surface area contributed by atoms with Gasteiger partial charge < -0.3 is 5.32 Å². The Labute approximate surface area is 128 Å². The fraction of sp³-hybridized carbons (Fsp3) is 0.235. The normalized spacial score (nSPS) is 10.4. The molecule has 0 aliphatic carbocycles. The molecule has 2 rings (SSSR count). The molecule has 2 aromatic carbocycles. The number of benzene rings is 2. The van der Waals surface area contributed by atoms with Crippen LogP contribution >= 0.6 is 11.6 Å². The van der Waals surface area contributed by atoms with E-state index in [0.29, 0.717) is 5.88 Å². The Morgan fingerprint density at radius 3 is 2.57 bits per heavy atom. The summed E-state index contributed by atoms with van der Waals surface area (Å²) in [4.78, 5) is 12.0. The Balaban J connectivity index is 1.94. The van der Waals surface area contributed by atoms with Gasteiger partial charge in [0.25, 0.3) is 0 Å². The molecule has 0 aliphatic heterocycles. The number of nitrogens with one attached hydrogen (secondary N) is 1. The van der Waals surface area contributed by atoms with Gasteiger partial charge in [0.15, 0.2) is 0 Å². The minimum Gasteiger partial charge on any atom is -0.326 e. The first-order valence-corrected chi connectivity index (χ1v) is 7.40.